The molecule has 0 atom stereocenters. The quantitative estimate of drug-likeness (QED) is 0.541. The SMILES string of the molecule is C.Cc1ccc(O)c(O)c1. The summed E-state index contributed by atoms with van der Waals surface area (Å²) >= 11 is 0. The fraction of sp³-hybridized carbons (Fsp3) is 0.250. The second-order valence-corrected chi connectivity index (χ2v) is 1.99. The lowest BCUT2D eigenvalue weighted by molar-refractivity contribution is 0.403. The molecule has 0 amide bonds. The molecule has 0 fully saturated rings. The lowest BCUT2D eigenvalue weighted by atomic mass is 10.2. The molecule has 1 aromatic carbocycles. The Morgan fingerprint density at radius 1 is 1.10 bits per heavy atom. The van der Waals surface area contributed by atoms with Gasteiger partial charge in [-0.2, -0.15) is 0 Å². The van der Waals surface area contributed by atoms with E-state index >= 15 is 0 Å². The fourth-order valence-corrected chi connectivity index (χ4v) is 0.633. The molecule has 0 heterocycles. The minimum Gasteiger partial charge on any atom is -0.504 e. The van der Waals surface area contributed by atoms with Gasteiger partial charge in [0.1, 0.15) is 0 Å². The molecule has 2 heteroatoms. The number of phenolic OH excluding ortho intramolecular Hbond substituents is 2. The van der Waals surface area contributed by atoms with Gasteiger partial charge in [0, 0.05) is 0 Å². The summed E-state index contributed by atoms with van der Waals surface area (Å²) in [5, 5.41) is 17.6. The van der Waals surface area contributed by atoms with Crippen LogP contribution in [0.4, 0.5) is 0 Å². The molecule has 56 valence electrons. The molecule has 2 nitrogen and oxygen atoms in total. The first-order chi connectivity index (χ1) is 4.20. The van der Waals surface area contributed by atoms with E-state index in [9.17, 15) is 0 Å². The van der Waals surface area contributed by atoms with Gasteiger partial charge in [0.2, 0.25) is 0 Å². The van der Waals surface area contributed by atoms with Crippen molar-refractivity contribution in [3.05, 3.63) is 23.8 Å². The van der Waals surface area contributed by atoms with Gasteiger partial charge in [0.05, 0.1) is 0 Å². The smallest absolute Gasteiger partial charge is 0.157 e. The molecule has 0 aromatic heterocycles. The maximum absolute atomic E-state index is 8.85. The zero-order valence-electron chi connectivity index (χ0n) is 5.13. The van der Waals surface area contributed by atoms with E-state index in [0.717, 1.165) is 5.56 Å². The van der Waals surface area contributed by atoms with Crippen molar-refractivity contribution in [1.29, 1.82) is 0 Å². The maximum Gasteiger partial charge on any atom is 0.157 e. The number of hydrogen-bond acceptors (Lipinski definition) is 2. The van der Waals surface area contributed by atoms with E-state index in [1.807, 2.05) is 6.92 Å². The highest BCUT2D eigenvalue weighted by Crippen LogP contribution is 2.23. The van der Waals surface area contributed by atoms with Gasteiger partial charge in [-0.25, -0.2) is 0 Å². The van der Waals surface area contributed by atoms with Crippen LogP contribution < -0.4 is 0 Å². The summed E-state index contributed by atoms with van der Waals surface area (Å²) < 4.78 is 0. The monoisotopic (exact) mass is 140 g/mol. The first-order valence-corrected chi connectivity index (χ1v) is 2.69. The highest BCUT2D eigenvalue weighted by molar-refractivity contribution is 5.39. The van der Waals surface area contributed by atoms with Crippen molar-refractivity contribution in [2.45, 2.75) is 14.4 Å². The van der Waals surface area contributed by atoms with E-state index in [4.69, 9.17) is 10.2 Å². The molecule has 0 saturated heterocycles. The van der Waals surface area contributed by atoms with Crippen molar-refractivity contribution in [3.63, 3.8) is 0 Å². The van der Waals surface area contributed by atoms with E-state index in [1.165, 1.54) is 12.1 Å². The summed E-state index contributed by atoms with van der Waals surface area (Å²) in [5.74, 6) is -0.129. The first kappa shape index (κ1) is 8.82. The van der Waals surface area contributed by atoms with Gasteiger partial charge in [-0.15, -0.1) is 0 Å². The number of hydrogen-bond donors (Lipinski definition) is 2. The van der Waals surface area contributed by atoms with Crippen LogP contribution in [0.5, 0.6) is 11.5 Å². The van der Waals surface area contributed by atoms with Gasteiger partial charge in [-0.3, -0.25) is 0 Å². The first-order valence-electron chi connectivity index (χ1n) is 2.69. The lowest BCUT2D eigenvalue weighted by Gasteiger charge is -1.95. The summed E-state index contributed by atoms with van der Waals surface area (Å²) in [6, 6.07) is 4.70. The minimum atomic E-state index is -0.0689. The van der Waals surface area contributed by atoms with Gasteiger partial charge < -0.3 is 10.2 Å². The molecule has 0 aliphatic rings. The third kappa shape index (κ3) is 1.65. The average molecular weight is 140 g/mol. The summed E-state index contributed by atoms with van der Waals surface area (Å²) in [7, 11) is 0. The predicted octanol–water partition coefficient (Wildman–Crippen LogP) is 2.04. The Morgan fingerprint density at radius 2 is 1.70 bits per heavy atom. The Morgan fingerprint density at radius 3 is 2.10 bits per heavy atom. The Kier molecular flexibility index (Phi) is 2.74. The normalized spacial score (nSPS) is 8.50. The molecule has 0 spiro atoms. The second-order valence-electron chi connectivity index (χ2n) is 1.99. The van der Waals surface area contributed by atoms with Crippen LogP contribution in [-0.4, -0.2) is 10.2 Å². The molecule has 1 aromatic rings. The van der Waals surface area contributed by atoms with Crippen molar-refractivity contribution in [2.24, 2.45) is 0 Å². The predicted molar refractivity (Wildman–Crippen MR) is 41.2 cm³/mol. The topological polar surface area (TPSA) is 40.5 Å². The van der Waals surface area contributed by atoms with E-state index in [-0.39, 0.29) is 18.9 Å². The molecule has 0 aliphatic heterocycles. The van der Waals surface area contributed by atoms with Gasteiger partial charge in [0.25, 0.3) is 0 Å². The highest BCUT2D eigenvalue weighted by atomic mass is 16.3. The molecular formula is C8H12O2. The standard InChI is InChI=1S/C7H8O2.CH4/c1-5-2-3-6(8)7(9)4-5;/h2-4,8-9H,1H3;1H4. The number of aryl methyl sites for hydroxylation is 1. The molecule has 10 heavy (non-hydrogen) atoms. The molecule has 0 saturated carbocycles. The number of rotatable bonds is 0. The highest BCUT2D eigenvalue weighted by Gasteiger charge is 1.94. The number of phenols is 2. The maximum atomic E-state index is 8.85. The molecule has 0 unspecified atom stereocenters. The fourth-order valence-electron chi connectivity index (χ4n) is 0.633. The third-order valence-electron chi connectivity index (χ3n) is 1.13. The van der Waals surface area contributed by atoms with E-state index < -0.39 is 0 Å². The Bertz CT molecular complexity index is 218. The number of benzene rings is 1. The summed E-state index contributed by atoms with van der Waals surface area (Å²) in [6.07, 6.45) is 0. The van der Waals surface area contributed by atoms with Gasteiger partial charge in [0.15, 0.2) is 11.5 Å². The lowest BCUT2D eigenvalue weighted by Crippen LogP contribution is -1.70. The van der Waals surface area contributed by atoms with Crippen LogP contribution in [0.25, 0.3) is 0 Å². The molecule has 2 N–H and O–H groups in total. The summed E-state index contributed by atoms with van der Waals surface area (Å²) in [6.45, 7) is 1.85. The van der Waals surface area contributed by atoms with Crippen molar-refractivity contribution < 1.29 is 10.2 Å². The van der Waals surface area contributed by atoms with E-state index in [0.29, 0.717) is 0 Å². The Hall–Kier alpha value is -1.18. The van der Waals surface area contributed by atoms with Crippen molar-refractivity contribution in [1.82, 2.24) is 0 Å². The Balaban J connectivity index is 0.000000810. The third-order valence-corrected chi connectivity index (χ3v) is 1.13. The average Bonchev–Trinajstić information content (AvgIpc) is 1.80. The molecule has 0 bridgehead atoms. The van der Waals surface area contributed by atoms with E-state index in [2.05, 4.69) is 0 Å². The van der Waals surface area contributed by atoms with Crippen LogP contribution in [0, 0.1) is 6.92 Å². The Labute approximate surface area is 60.8 Å². The molecule has 0 aliphatic carbocycles. The van der Waals surface area contributed by atoms with Crippen molar-refractivity contribution in [2.75, 3.05) is 0 Å². The van der Waals surface area contributed by atoms with Gasteiger partial charge >= 0.3 is 0 Å². The van der Waals surface area contributed by atoms with E-state index in [1.54, 1.807) is 6.07 Å². The minimum absolute atomic E-state index is 0. The number of aromatic hydroxyl groups is 2. The largest absolute Gasteiger partial charge is 0.504 e. The van der Waals surface area contributed by atoms with Gasteiger partial charge in [-0.1, -0.05) is 13.5 Å². The van der Waals surface area contributed by atoms with Crippen LogP contribution in [0.2, 0.25) is 0 Å². The summed E-state index contributed by atoms with van der Waals surface area (Å²) in [4.78, 5) is 0. The van der Waals surface area contributed by atoms with Crippen LogP contribution >= 0.6 is 0 Å². The van der Waals surface area contributed by atoms with Crippen LogP contribution in [-0.2, 0) is 0 Å². The van der Waals surface area contributed by atoms with Crippen molar-refractivity contribution >= 4 is 0 Å². The zero-order chi connectivity index (χ0) is 6.85. The van der Waals surface area contributed by atoms with Crippen molar-refractivity contribution in [3.8, 4) is 11.5 Å². The van der Waals surface area contributed by atoms with Crippen LogP contribution in [0.15, 0.2) is 18.2 Å². The second kappa shape index (κ2) is 3.11. The molecule has 0 radical (unpaired) electrons. The van der Waals surface area contributed by atoms with Crippen LogP contribution in [0.3, 0.4) is 0 Å². The zero-order valence-corrected chi connectivity index (χ0v) is 5.13. The van der Waals surface area contributed by atoms with Crippen LogP contribution in [0.1, 0.15) is 13.0 Å². The summed E-state index contributed by atoms with van der Waals surface area (Å²) in [5.41, 5.74) is 0.935. The molecular weight excluding hydrogens is 128 g/mol. The van der Waals surface area contributed by atoms with Gasteiger partial charge in [-0.05, 0) is 24.6 Å². The molecule has 1 rings (SSSR count).